The van der Waals surface area contributed by atoms with Crippen molar-refractivity contribution in [3.8, 4) is 0 Å². The van der Waals surface area contributed by atoms with E-state index >= 15 is 0 Å². The van der Waals surface area contributed by atoms with E-state index in [2.05, 4.69) is 5.32 Å². The number of aromatic nitrogens is 1. The van der Waals surface area contributed by atoms with Crippen LogP contribution in [0, 0.1) is 5.92 Å². The van der Waals surface area contributed by atoms with Crippen molar-refractivity contribution in [3.63, 3.8) is 0 Å². The molecule has 1 aromatic heterocycles. The highest BCUT2D eigenvalue weighted by Gasteiger charge is 2.39. The summed E-state index contributed by atoms with van der Waals surface area (Å²) in [6, 6.07) is 11.9. The van der Waals surface area contributed by atoms with Crippen molar-refractivity contribution in [1.29, 1.82) is 0 Å². The fraction of sp³-hybridized carbons (Fsp3) is 0.400. The van der Waals surface area contributed by atoms with Gasteiger partial charge in [0.15, 0.2) is 0 Å². The van der Waals surface area contributed by atoms with Crippen molar-refractivity contribution in [1.82, 2.24) is 8.87 Å². The lowest BCUT2D eigenvalue weighted by Gasteiger charge is -2.42. The molecule has 0 spiro atoms. The lowest BCUT2D eigenvalue weighted by molar-refractivity contribution is -0.113. The van der Waals surface area contributed by atoms with Crippen LogP contribution in [0.25, 0.3) is 0 Å². The van der Waals surface area contributed by atoms with Gasteiger partial charge in [-0.2, -0.15) is 16.1 Å². The van der Waals surface area contributed by atoms with Crippen molar-refractivity contribution in [2.75, 3.05) is 30.4 Å². The molecule has 4 rings (SSSR count). The van der Waals surface area contributed by atoms with Crippen LogP contribution >= 0.6 is 11.8 Å². The molecule has 2 atom stereocenters. The molecule has 2 bridgehead atoms. The fourth-order valence-corrected chi connectivity index (χ4v) is 6.17. The molecule has 2 aliphatic heterocycles. The van der Waals surface area contributed by atoms with Gasteiger partial charge in [-0.25, -0.2) is 8.42 Å². The highest BCUT2D eigenvalue weighted by molar-refractivity contribution is 7.99. The minimum absolute atomic E-state index is 0.0374. The Hall–Kier alpha value is -2.10. The van der Waals surface area contributed by atoms with Gasteiger partial charge in [0.2, 0.25) is 15.9 Å². The summed E-state index contributed by atoms with van der Waals surface area (Å²) in [7, 11) is -3.56. The summed E-state index contributed by atoms with van der Waals surface area (Å²) in [6.45, 7) is 1.20. The van der Waals surface area contributed by atoms with Crippen LogP contribution in [0.2, 0.25) is 0 Å². The van der Waals surface area contributed by atoms with Gasteiger partial charge in [0.25, 0.3) is 5.56 Å². The van der Waals surface area contributed by atoms with Crippen molar-refractivity contribution >= 4 is 33.4 Å². The van der Waals surface area contributed by atoms with Gasteiger partial charge in [0, 0.05) is 31.2 Å². The smallest absolute Gasteiger partial charge is 0.274 e. The Morgan fingerprint density at radius 3 is 2.62 bits per heavy atom. The number of nitrogens with one attached hydrogen (secondary N) is 1. The zero-order chi connectivity index (χ0) is 20.6. The average Bonchev–Trinajstić information content (AvgIpc) is 2.71. The van der Waals surface area contributed by atoms with E-state index in [0.717, 1.165) is 12.1 Å². The average molecular weight is 434 g/mol. The number of carbonyl (C=O) groups is 1. The first-order chi connectivity index (χ1) is 13.9. The number of thioether (sulfide) groups is 1. The van der Waals surface area contributed by atoms with E-state index in [9.17, 15) is 18.0 Å². The van der Waals surface area contributed by atoms with Gasteiger partial charge in [-0.15, -0.1) is 0 Å². The first-order valence-electron chi connectivity index (χ1n) is 9.48. The van der Waals surface area contributed by atoms with Crippen molar-refractivity contribution < 1.29 is 13.2 Å². The number of piperidine rings is 1. The molecule has 1 amide bonds. The van der Waals surface area contributed by atoms with E-state index in [1.54, 1.807) is 45.3 Å². The Morgan fingerprint density at radius 2 is 1.90 bits per heavy atom. The van der Waals surface area contributed by atoms with Gasteiger partial charge in [-0.05, 0) is 42.9 Å². The van der Waals surface area contributed by atoms with Crippen LogP contribution in [0.15, 0.2) is 52.2 Å². The van der Waals surface area contributed by atoms with E-state index in [1.807, 2.05) is 12.3 Å². The molecule has 154 valence electrons. The molecular weight excluding hydrogens is 410 g/mol. The SMILES string of the molecule is CSCC(=O)Nc1ccc2n(c1=O)CC1CC2CN(S(=O)(=O)c2ccccc2)C1. The highest BCUT2D eigenvalue weighted by Crippen LogP contribution is 2.37. The fourth-order valence-electron chi connectivity index (χ4n) is 4.25. The molecule has 2 aliphatic rings. The second kappa shape index (κ2) is 7.97. The topological polar surface area (TPSA) is 88.5 Å². The van der Waals surface area contributed by atoms with E-state index in [-0.39, 0.29) is 29.0 Å². The van der Waals surface area contributed by atoms with Gasteiger partial charge >= 0.3 is 0 Å². The minimum Gasteiger partial charge on any atom is -0.321 e. The van der Waals surface area contributed by atoms with E-state index in [0.29, 0.717) is 30.3 Å². The van der Waals surface area contributed by atoms with Gasteiger partial charge in [-0.3, -0.25) is 9.59 Å². The largest absolute Gasteiger partial charge is 0.321 e. The third kappa shape index (κ3) is 3.86. The normalized spacial score (nSPS) is 21.4. The number of carbonyl (C=O) groups excluding carboxylic acids is 1. The van der Waals surface area contributed by atoms with Gasteiger partial charge in [-0.1, -0.05) is 18.2 Å². The van der Waals surface area contributed by atoms with Crippen LogP contribution in [-0.2, 0) is 21.4 Å². The van der Waals surface area contributed by atoms with Crippen molar-refractivity contribution in [2.24, 2.45) is 5.92 Å². The van der Waals surface area contributed by atoms with Gasteiger partial charge in [0.1, 0.15) is 5.69 Å². The zero-order valence-electron chi connectivity index (χ0n) is 16.1. The molecule has 7 nitrogen and oxygen atoms in total. The predicted molar refractivity (Wildman–Crippen MR) is 114 cm³/mol. The first kappa shape index (κ1) is 20.2. The van der Waals surface area contributed by atoms with Crippen LogP contribution in [-0.4, -0.2) is 48.3 Å². The molecule has 1 saturated heterocycles. The lowest BCUT2D eigenvalue weighted by atomic mass is 9.84. The van der Waals surface area contributed by atoms with Crippen LogP contribution < -0.4 is 10.9 Å². The van der Waals surface area contributed by atoms with Crippen LogP contribution in [0.4, 0.5) is 5.69 Å². The summed E-state index contributed by atoms with van der Waals surface area (Å²) in [6.07, 6.45) is 2.69. The van der Waals surface area contributed by atoms with Crippen LogP contribution in [0.5, 0.6) is 0 Å². The Balaban J connectivity index is 1.62. The molecule has 9 heteroatoms. The molecule has 29 heavy (non-hydrogen) atoms. The van der Waals surface area contributed by atoms with E-state index < -0.39 is 10.0 Å². The highest BCUT2D eigenvalue weighted by atomic mass is 32.2. The monoisotopic (exact) mass is 433 g/mol. The molecule has 1 aromatic carbocycles. The Bertz CT molecular complexity index is 1080. The quantitative estimate of drug-likeness (QED) is 0.779. The number of pyridine rings is 1. The Labute approximate surface area is 174 Å². The summed E-state index contributed by atoms with van der Waals surface area (Å²) in [5, 5.41) is 2.68. The number of fused-ring (bicyclic) bond motifs is 4. The summed E-state index contributed by atoms with van der Waals surface area (Å²) < 4.78 is 29.3. The molecule has 0 aliphatic carbocycles. The van der Waals surface area contributed by atoms with E-state index in [4.69, 9.17) is 0 Å². The number of rotatable bonds is 5. The van der Waals surface area contributed by atoms with E-state index in [1.165, 1.54) is 11.8 Å². The van der Waals surface area contributed by atoms with Crippen LogP contribution in [0.3, 0.4) is 0 Å². The molecule has 1 fully saturated rings. The number of benzene rings is 1. The maximum Gasteiger partial charge on any atom is 0.274 e. The molecule has 0 saturated carbocycles. The predicted octanol–water partition coefficient (Wildman–Crippen LogP) is 1.96. The summed E-state index contributed by atoms with van der Waals surface area (Å²) in [4.78, 5) is 25.1. The minimum atomic E-state index is -3.56. The van der Waals surface area contributed by atoms with Gasteiger partial charge < -0.3 is 9.88 Å². The third-order valence-corrected chi connectivity index (χ3v) is 7.90. The number of hydrogen-bond acceptors (Lipinski definition) is 5. The molecule has 3 heterocycles. The second-order valence-corrected chi connectivity index (χ2v) is 10.3. The number of hydrogen-bond donors (Lipinski definition) is 1. The molecule has 0 radical (unpaired) electrons. The Kier molecular flexibility index (Phi) is 5.54. The first-order valence-corrected chi connectivity index (χ1v) is 12.3. The van der Waals surface area contributed by atoms with Crippen LogP contribution in [0.1, 0.15) is 18.0 Å². The lowest BCUT2D eigenvalue weighted by Crippen LogP contribution is -2.49. The summed E-state index contributed by atoms with van der Waals surface area (Å²) in [5.41, 5.74) is 0.898. The maximum atomic E-state index is 13.0. The van der Waals surface area contributed by atoms with Crippen molar-refractivity contribution in [2.45, 2.75) is 23.8 Å². The summed E-state index contributed by atoms with van der Waals surface area (Å²) >= 11 is 1.39. The Morgan fingerprint density at radius 1 is 1.14 bits per heavy atom. The molecule has 2 unspecified atom stereocenters. The number of nitrogens with zero attached hydrogens (tertiary/aromatic N) is 2. The number of anilines is 1. The number of sulfonamides is 1. The van der Waals surface area contributed by atoms with Crippen molar-refractivity contribution in [3.05, 3.63) is 58.5 Å². The standard InChI is InChI=1S/C20H23N3O4S2/c1-28-13-19(24)21-17-7-8-18-15-9-14(11-23(18)20(17)25)10-22(12-15)29(26,27)16-5-3-2-4-6-16/h2-8,14-15H,9-13H2,1H3,(H,21,24). The molecular formula is C20H23N3O4S2. The maximum absolute atomic E-state index is 13.0. The molecule has 2 aromatic rings. The second-order valence-electron chi connectivity index (χ2n) is 7.50. The molecule has 1 N–H and O–H groups in total. The third-order valence-electron chi connectivity index (χ3n) is 5.50. The zero-order valence-corrected chi connectivity index (χ0v) is 17.7. The summed E-state index contributed by atoms with van der Waals surface area (Å²) in [5.74, 6) is 0.115. The van der Waals surface area contributed by atoms with Gasteiger partial charge in [0.05, 0.1) is 10.6 Å². The number of amides is 1.